The SMILES string of the molecule is CC(=O)N1CCCc2ccc(-c3nc4n(c3CO)CCS4)cc21. The van der Waals surface area contributed by atoms with Gasteiger partial charge in [0, 0.05) is 37.0 Å². The van der Waals surface area contributed by atoms with Crippen molar-refractivity contribution in [1.82, 2.24) is 9.55 Å². The number of thioether (sulfide) groups is 1. The summed E-state index contributed by atoms with van der Waals surface area (Å²) in [5, 5.41) is 10.8. The summed E-state index contributed by atoms with van der Waals surface area (Å²) in [6, 6.07) is 6.21. The zero-order valence-electron chi connectivity index (χ0n) is 13.1. The van der Waals surface area contributed by atoms with E-state index in [9.17, 15) is 9.90 Å². The molecule has 5 nitrogen and oxygen atoms in total. The van der Waals surface area contributed by atoms with Crippen LogP contribution in [0.5, 0.6) is 0 Å². The van der Waals surface area contributed by atoms with Gasteiger partial charge in [0.2, 0.25) is 5.91 Å². The number of aliphatic hydroxyl groups excluding tert-OH is 1. The van der Waals surface area contributed by atoms with Crippen LogP contribution in [-0.4, -0.2) is 32.9 Å². The molecule has 120 valence electrons. The molecule has 2 aliphatic heterocycles. The van der Waals surface area contributed by atoms with Gasteiger partial charge in [0.05, 0.1) is 18.0 Å². The third-order valence-corrected chi connectivity index (χ3v) is 5.55. The minimum atomic E-state index is -0.0175. The Hall–Kier alpha value is -1.79. The van der Waals surface area contributed by atoms with E-state index in [4.69, 9.17) is 4.98 Å². The fourth-order valence-electron chi connectivity index (χ4n) is 3.47. The number of carbonyl (C=O) groups excluding carboxylic acids is 1. The van der Waals surface area contributed by atoms with E-state index in [0.717, 1.165) is 59.5 Å². The zero-order valence-corrected chi connectivity index (χ0v) is 13.9. The van der Waals surface area contributed by atoms with Crippen molar-refractivity contribution in [3.05, 3.63) is 29.5 Å². The summed E-state index contributed by atoms with van der Waals surface area (Å²) >= 11 is 1.72. The van der Waals surface area contributed by atoms with E-state index >= 15 is 0 Å². The van der Waals surface area contributed by atoms with Crippen molar-refractivity contribution >= 4 is 23.4 Å². The molecule has 0 spiro atoms. The van der Waals surface area contributed by atoms with E-state index < -0.39 is 0 Å². The maximum Gasteiger partial charge on any atom is 0.223 e. The molecule has 0 saturated heterocycles. The number of anilines is 1. The van der Waals surface area contributed by atoms with Crippen molar-refractivity contribution in [2.24, 2.45) is 0 Å². The van der Waals surface area contributed by atoms with Crippen LogP contribution in [0.4, 0.5) is 5.69 Å². The molecule has 1 amide bonds. The summed E-state index contributed by atoms with van der Waals surface area (Å²) in [6.45, 7) is 3.26. The van der Waals surface area contributed by atoms with Crippen molar-refractivity contribution in [2.45, 2.75) is 38.1 Å². The van der Waals surface area contributed by atoms with Crippen molar-refractivity contribution in [2.75, 3.05) is 17.2 Å². The summed E-state index contributed by atoms with van der Waals surface area (Å²) in [5.74, 6) is 1.09. The maximum absolute atomic E-state index is 11.9. The van der Waals surface area contributed by atoms with Crippen LogP contribution in [0.2, 0.25) is 0 Å². The first-order valence-electron chi connectivity index (χ1n) is 7.93. The molecule has 0 bridgehead atoms. The van der Waals surface area contributed by atoms with Crippen molar-refractivity contribution in [1.29, 1.82) is 0 Å². The smallest absolute Gasteiger partial charge is 0.223 e. The molecule has 2 aromatic rings. The van der Waals surface area contributed by atoms with E-state index in [1.54, 1.807) is 18.7 Å². The van der Waals surface area contributed by atoms with E-state index in [0.29, 0.717) is 0 Å². The Morgan fingerprint density at radius 3 is 3.04 bits per heavy atom. The first-order chi connectivity index (χ1) is 11.2. The number of rotatable bonds is 2. The van der Waals surface area contributed by atoms with Crippen LogP contribution >= 0.6 is 11.8 Å². The average molecular weight is 329 g/mol. The number of amides is 1. The summed E-state index contributed by atoms with van der Waals surface area (Å²) < 4.78 is 2.10. The van der Waals surface area contributed by atoms with Gasteiger partial charge in [-0.25, -0.2) is 4.98 Å². The second kappa shape index (κ2) is 5.69. The number of benzene rings is 1. The Kier molecular flexibility index (Phi) is 3.66. The fourth-order valence-corrected chi connectivity index (χ4v) is 4.44. The normalized spacial score (nSPS) is 16.3. The van der Waals surface area contributed by atoms with Gasteiger partial charge in [-0.3, -0.25) is 4.79 Å². The highest BCUT2D eigenvalue weighted by molar-refractivity contribution is 7.99. The topological polar surface area (TPSA) is 58.4 Å². The van der Waals surface area contributed by atoms with Crippen LogP contribution in [-0.2, 0) is 24.4 Å². The van der Waals surface area contributed by atoms with E-state index in [1.807, 2.05) is 4.90 Å². The molecule has 6 heteroatoms. The summed E-state index contributed by atoms with van der Waals surface area (Å²) in [6.07, 6.45) is 2.00. The lowest BCUT2D eigenvalue weighted by molar-refractivity contribution is -0.116. The molecule has 1 N–H and O–H groups in total. The number of nitrogens with zero attached hydrogens (tertiary/aromatic N) is 3. The van der Waals surface area contributed by atoms with Crippen LogP contribution < -0.4 is 4.90 Å². The van der Waals surface area contributed by atoms with E-state index in [2.05, 4.69) is 22.8 Å². The lowest BCUT2D eigenvalue weighted by Crippen LogP contribution is -2.33. The molecule has 0 saturated carbocycles. The largest absolute Gasteiger partial charge is 0.390 e. The molecule has 23 heavy (non-hydrogen) atoms. The van der Waals surface area contributed by atoms with Gasteiger partial charge in [0.15, 0.2) is 5.16 Å². The molecule has 0 aliphatic carbocycles. The molecule has 4 rings (SSSR count). The van der Waals surface area contributed by atoms with Crippen molar-refractivity contribution < 1.29 is 9.90 Å². The first-order valence-corrected chi connectivity index (χ1v) is 8.92. The molecule has 0 unspecified atom stereocenters. The van der Waals surface area contributed by atoms with Gasteiger partial charge >= 0.3 is 0 Å². The minimum Gasteiger partial charge on any atom is -0.390 e. The number of carbonyl (C=O) groups is 1. The number of fused-ring (bicyclic) bond motifs is 2. The second-order valence-electron chi connectivity index (χ2n) is 5.97. The Morgan fingerprint density at radius 1 is 1.39 bits per heavy atom. The monoisotopic (exact) mass is 329 g/mol. The van der Waals surface area contributed by atoms with Crippen LogP contribution in [0.1, 0.15) is 24.6 Å². The van der Waals surface area contributed by atoms with E-state index in [1.165, 1.54) is 5.56 Å². The summed E-state index contributed by atoms with van der Waals surface area (Å²) in [5.41, 5.74) is 4.89. The number of aromatic nitrogens is 2. The number of imidazole rings is 1. The predicted molar refractivity (Wildman–Crippen MR) is 90.7 cm³/mol. The minimum absolute atomic E-state index is 0.0175. The second-order valence-corrected chi connectivity index (χ2v) is 7.03. The highest BCUT2D eigenvalue weighted by Crippen LogP contribution is 2.36. The number of hydrogen-bond donors (Lipinski definition) is 1. The molecule has 3 heterocycles. The first kappa shape index (κ1) is 14.8. The predicted octanol–water partition coefficient (Wildman–Crippen LogP) is 2.45. The Balaban J connectivity index is 1.82. The number of aliphatic hydroxyl groups is 1. The molecule has 0 fully saturated rings. The van der Waals surface area contributed by atoms with Gasteiger partial charge < -0.3 is 14.6 Å². The molecular weight excluding hydrogens is 310 g/mol. The number of hydrogen-bond acceptors (Lipinski definition) is 4. The molecule has 1 aromatic heterocycles. The molecule has 2 aliphatic rings. The highest BCUT2D eigenvalue weighted by atomic mass is 32.2. The van der Waals surface area contributed by atoms with Crippen LogP contribution in [0.3, 0.4) is 0 Å². The quantitative estimate of drug-likeness (QED) is 0.919. The van der Waals surface area contributed by atoms with Crippen molar-refractivity contribution in [3.63, 3.8) is 0 Å². The highest BCUT2D eigenvalue weighted by Gasteiger charge is 2.25. The number of aryl methyl sites for hydroxylation is 1. The Labute approximate surface area is 139 Å². The Morgan fingerprint density at radius 2 is 2.26 bits per heavy atom. The van der Waals surface area contributed by atoms with Gasteiger partial charge in [-0.05, 0) is 24.5 Å². The molecule has 0 atom stereocenters. The molecule has 0 radical (unpaired) electrons. The lowest BCUT2D eigenvalue weighted by Gasteiger charge is -2.29. The summed E-state index contributed by atoms with van der Waals surface area (Å²) in [4.78, 5) is 18.5. The van der Waals surface area contributed by atoms with E-state index in [-0.39, 0.29) is 12.5 Å². The van der Waals surface area contributed by atoms with Crippen LogP contribution in [0, 0.1) is 0 Å². The van der Waals surface area contributed by atoms with Crippen LogP contribution in [0.25, 0.3) is 11.3 Å². The maximum atomic E-state index is 11.9. The van der Waals surface area contributed by atoms with Gasteiger partial charge in [0.25, 0.3) is 0 Å². The zero-order chi connectivity index (χ0) is 16.0. The molecule has 1 aromatic carbocycles. The van der Waals surface area contributed by atoms with Gasteiger partial charge in [-0.1, -0.05) is 23.9 Å². The van der Waals surface area contributed by atoms with Gasteiger partial charge in [0.1, 0.15) is 0 Å². The van der Waals surface area contributed by atoms with Crippen molar-refractivity contribution in [3.8, 4) is 11.3 Å². The summed E-state index contributed by atoms with van der Waals surface area (Å²) in [7, 11) is 0. The van der Waals surface area contributed by atoms with Crippen LogP contribution in [0.15, 0.2) is 23.4 Å². The standard InChI is InChI=1S/C17H19N3O2S/c1-11(22)19-6-2-3-12-4-5-13(9-14(12)19)16-15(10-21)20-7-8-23-17(20)18-16/h4-5,9,21H,2-3,6-8,10H2,1H3. The third-order valence-electron chi connectivity index (χ3n) is 4.59. The third kappa shape index (κ3) is 2.37. The molecular formula is C17H19N3O2S. The van der Waals surface area contributed by atoms with Gasteiger partial charge in [-0.15, -0.1) is 0 Å². The lowest BCUT2D eigenvalue weighted by atomic mass is 9.98. The fraction of sp³-hybridized carbons (Fsp3) is 0.412. The Bertz CT molecular complexity index is 784. The van der Waals surface area contributed by atoms with Gasteiger partial charge in [-0.2, -0.15) is 0 Å². The average Bonchev–Trinajstić information content (AvgIpc) is 3.14.